The Morgan fingerprint density at radius 1 is 1.23 bits per heavy atom. The Morgan fingerprint density at radius 2 is 1.91 bits per heavy atom. The summed E-state index contributed by atoms with van der Waals surface area (Å²) < 4.78 is 0. The predicted molar refractivity (Wildman–Crippen MR) is 91.4 cm³/mol. The minimum atomic E-state index is -0.223. The quantitative estimate of drug-likeness (QED) is 0.754. The molecule has 0 bridgehead atoms. The van der Waals surface area contributed by atoms with Crippen molar-refractivity contribution in [3.8, 4) is 0 Å². The first kappa shape index (κ1) is 16.2. The Balaban J connectivity index is 0.00000176. The van der Waals surface area contributed by atoms with E-state index in [1.165, 1.54) is 17.7 Å². The SMILES string of the molecule is Cc1ccc(NC(=O)c2sc3nc[nH]c(=O)c3c2C)cc1.Cl. The van der Waals surface area contributed by atoms with Gasteiger partial charge < -0.3 is 10.3 Å². The third kappa shape index (κ3) is 2.88. The number of H-pyrrole nitrogens is 1. The Hall–Kier alpha value is -2.18. The fraction of sp³-hybridized carbons (Fsp3) is 0.133. The van der Waals surface area contributed by atoms with E-state index in [4.69, 9.17) is 0 Å². The number of nitrogens with zero attached hydrogens (tertiary/aromatic N) is 1. The van der Waals surface area contributed by atoms with Crippen molar-refractivity contribution in [1.29, 1.82) is 0 Å². The van der Waals surface area contributed by atoms with E-state index in [1.54, 1.807) is 6.92 Å². The highest BCUT2D eigenvalue weighted by Crippen LogP contribution is 2.27. The smallest absolute Gasteiger partial charge is 0.266 e. The van der Waals surface area contributed by atoms with E-state index in [2.05, 4.69) is 15.3 Å². The number of amides is 1. The molecule has 3 rings (SSSR count). The molecule has 22 heavy (non-hydrogen) atoms. The number of nitrogens with one attached hydrogen (secondary N) is 2. The standard InChI is InChI=1S/C15H13N3O2S.ClH/c1-8-3-5-10(6-4-8)18-14(20)12-9(2)11-13(19)16-7-17-15(11)21-12;/h3-7H,1-2H3,(H,18,20)(H,16,17,19);1H. The molecule has 0 saturated carbocycles. The second kappa shape index (κ2) is 6.29. The number of anilines is 1. The molecule has 0 aliphatic carbocycles. The van der Waals surface area contributed by atoms with Gasteiger partial charge in [0.1, 0.15) is 4.83 Å². The van der Waals surface area contributed by atoms with Crippen molar-refractivity contribution in [2.45, 2.75) is 13.8 Å². The number of benzene rings is 1. The lowest BCUT2D eigenvalue weighted by Gasteiger charge is -2.04. The molecular formula is C15H14ClN3O2S. The number of aryl methyl sites for hydroxylation is 2. The zero-order valence-corrected chi connectivity index (χ0v) is 13.6. The van der Waals surface area contributed by atoms with E-state index in [0.29, 0.717) is 20.7 Å². The Labute approximate surface area is 136 Å². The molecule has 0 aliphatic rings. The minimum absolute atomic E-state index is 0. The number of carbonyl (C=O) groups is 1. The van der Waals surface area contributed by atoms with Crippen LogP contribution in [0.3, 0.4) is 0 Å². The number of halogens is 1. The van der Waals surface area contributed by atoms with Gasteiger partial charge in [0.2, 0.25) is 0 Å². The number of hydrogen-bond donors (Lipinski definition) is 2. The van der Waals surface area contributed by atoms with E-state index in [9.17, 15) is 9.59 Å². The summed E-state index contributed by atoms with van der Waals surface area (Å²) in [6.45, 7) is 3.75. The molecule has 0 saturated heterocycles. The summed E-state index contributed by atoms with van der Waals surface area (Å²) >= 11 is 1.23. The number of rotatable bonds is 2. The molecule has 2 heterocycles. The van der Waals surface area contributed by atoms with Crippen LogP contribution in [0.1, 0.15) is 20.8 Å². The van der Waals surface area contributed by atoms with Gasteiger partial charge in [-0.15, -0.1) is 23.7 Å². The summed E-state index contributed by atoms with van der Waals surface area (Å²) in [7, 11) is 0. The highest BCUT2D eigenvalue weighted by atomic mass is 35.5. The molecule has 0 aliphatic heterocycles. The van der Waals surface area contributed by atoms with Gasteiger partial charge >= 0.3 is 0 Å². The molecule has 2 aromatic heterocycles. The first-order chi connectivity index (χ1) is 10.1. The lowest BCUT2D eigenvalue weighted by Crippen LogP contribution is -2.12. The average molecular weight is 336 g/mol. The van der Waals surface area contributed by atoms with E-state index in [1.807, 2.05) is 31.2 Å². The third-order valence-corrected chi connectivity index (χ3v) is 4.45. The number of aromatic nitrogens is 2. The molecule has 0 radical (unpaired) electrons. The van der Waals surface area contributed by atoms with E-state index >= 15 is 0 Å². The van der Waals surface area contributed by atoms with Crippen LogP contribution in [0.15, 0.2) is 35.4 Å². The van der Waals surface area contributed by atoms with Crippen LogP contribution in [0.4, 0.5) is 5.69 Å². The number of hydrogen-bond acceptors (Lipinski definition) is 4. The molecule has 2 N–H and O–H groups in total. The zero-order valence-electron chi connectivity index (χ0n) is 12.0. The number of fused-ring (bicyclic) bond motifs is 1. The van der Waals surface area contributed by atoms with Gasteiger partial charge in [-0.1, -0.05) is 17.7 Å². The number of thiophene rings is 1. The van der Waals surface area contributed by atoms with E-state index in [-0.39, 0.29) is 23.9 Å². The molecule has 0 fully saturated rings. The van der Waals surface area contributed by atoms with Gasteiger partial charge in [0.15, 0.2) is 0 Å². The molecule has 0 atom stereocenters. The Bertz CT molecular complexity index is 884. The highest BCUT2D eigenvalue weighted by molar-refractivity contribution is 7.20. The minimum Gasteiger partial charge on any atom is -0.321 e. The van der Waals surface area contributed by atoms with Crippen molar-refractivity contribution in [2.24, 2.45) is 0 Å². The topological polar surface area (TPSA) is 74.8 Å². The van der Waals surface area contributed by atoms with Crippen LogP contribution in [0, 0.1) is 13.8 Å². The summed E-state index contributed by atoms with van der Waals surface area (Å²) in [5, 5.41) is 3.32. The maximum Gasteiger partial charge on any atom is 0.266 e. The van der Waals surface area contributed by atoms with Crippen molar-refractivity contribution < 1.29 is 4.79 Å². The van der Waals surface area contributed by atoms with Gasteiger partial charge in [0.25, 0.3) is 11.5 Å². The largest absolute Gasteiger partial charge is 0.321 e. The van der Waals surface area contributed by atoms with Crippen LogP contribution < -0.4 is 10.9 Å². The second-order valence-electron chi connectivity index (χ2n) is 4.79. The van der Waals surface area contributed by atoms with E-state index < -0.39 is 0 Å². The van der Waals surface area contributed by atoms with Crippen LogP contribution in [0.5, 0.6) is 0 Å². The van der Waals surface area contributed by atoms with Crippen molar-refractivity contribution in [2.75, 3.05) is 5.32 Å². The first-order valence-electron chi connectivity index (χ1n) is 6.41. The summed E-state index contributed by atoms with van der Waals surface area (Å²) in [5.74, 6) is -0.223. The maximum atomic E-state index is 12.4. The normalized spacial score (nSPS) is 10.3. The summed E-state index contributed by atoms with van der Waals surface area (Å²) in [5.41, 5.74) is 2.29. The van der Waals surface area contributed by atoms with Gasteiger partial charge in [-0.3, -0.25) is 9.59 Å². The van der Waals surface area contributed by atoms with Crippen molar-refractivity contribution in [1.82, 2.24) is 9.97 Å². The third-order valence-electron chi connectivity index (χ3n) is 3.25. The van der Waals surface area contributed by atoms with Crippen LogP contribution in [-0.2, 0) is 0 Å². The Morgan fingerprint density at radius 3 is 2.55 bits per heavy atom. The maximum absolute atomic E-state index is 12.4. The van der Waals surface area contributed by atoms with Gasteiger partial charge in [-0.25, -0.2) is 4.98 Å². The van der Waals surface area contributed by atoms with Gasteiger partial charge in [0, 0.05) is 5.69 Å². The molecule has 3 aromatic rings. The molecule has 7 heteroatoms. The molecular weight excluding hydrogens is 322 g/mol. The fourth-order valence-electron chi connectivity index (χ4n) is 2.12. The van der Waals surface area contributed by atoms with Crippen molar-refractivity contribution in [3.05, 3.63) is 57.0 Å². The average Bonchev–Trinajstić information content (AvgIpc) is 2.80. The molecule has 0 spiro atoms. The lowest BCUT2D eigenvalue weighted by atomic mass is 10.2. The van der Waals surface area contributed by atoms with Crippen LogP contribution in [0.25, 0.3) is 10.2 Å². The lowest BCUT2D eigenvalue weighted by molar-refractivity contribution is 0.103. The fourth-order valence-corrected chi connectivity index (χ4v) is 3.17. The van der Waals surface area contributed by atoms with Crippen molar-refractivity contribution in [3.63, 3.8) is 0 Å². The highest BCUT2D eigenvalue weighted by Gasteiger charge is 2.18. The molecule has 5 nitrogen and oxygen atoms in total. The molecule has 114 valence electrons. The second-order valence-corrected chi connectivity index (χ2v) is 5.79. The van der Waals surface area contributed by atoms with Crippen LogP contribution in [0.2, 0.25) is 0 Å². The number of aromatic amines is 1. The number of carbonyl (C=O) groups excluding carboxylic acids is 1. The van der Waals surface area contributed by atoms with Crippen LogP contribution >= 0.6 is 23.7 Å². The van der Waals surface area contributed by atoms with Crippen molar-refractivity contribution >= 4 is 45.6 Å². The zero-order chi connectivity index (χ0) is 15.0. The summed E-state index contributed by atoms with van der Waals surface area (Å²) in [4.78, 5) is 31.9. The molecule has 0 unspecified atom stereocenters. The van der Waals surface area contributed by atoms with Gasteiger partial charge in [-0.05, 0) is 31.5 Å². The predicted octanol–water partition coefficient (Wildman–Crippen LogP) is 3.28. The molecule has 1 amide bonds. The summed E-state index contributed by atoms with van der Waals surface area (Å²) in [6.07, 6.45) is 1.35. The monoisotopic (exact) mass is 335 g/mol. The van der Waals surface area contributed by atoms with Gasteiger partial charge in [0.05, 0.1) is 16.6 Å². The van der Waals surface area contributed by atoms with Gasteiger partial charge in [-0.2, -0.15) is 0 Å². The summed E-state index contributed by atoms with van der Waals surface area (Å²) in [6, 6.07) is 7.56. The molecule has 1 aromatic carbocycles. The first-order valence-corrected chi connectivity index (χ1v) is 7.22. The van der Waals surface area contributed by atoms with Crippen LogP contribution in [-0.4, -0.2) is 15.9 Å². The Kier molecular flexibility index (Phi) is 4.63. The van der Waals surface area contributed by atoms with E-state index in [0.717, 1.165) is 11.3 Å².